The maximum absolute atomic E-state index is 12.7. The zero-order valence-electron chi connectivity index (χ0n) is 36.6. The molecule has 0 saturated carbocycles. The number of nitrogens with zero attached hydrogens (tertiary/aromatic N) is 1. The average molecular weight is 806 g/mol. The summed E-state index contributed by atoms with van der Waals surface area (Å²) in [6.07, 6.45) is 51.7. The Morgan fingerprint density at radius 2 is 1.07 bits per heavy atom. The molecule has 0 bridgehead atoms. The van der Waals surface area contributed by atoms with Gasteiger partial charge in [0.2, 0.25) is 5.91 Å². The molecule has 0 saturated heterocycles. The van der Waals surface area contributed by atoms with E-state index in [2.05, 4.69) is 92.1 Å². The molecule has 3 atom stereocenters. The number of hydrogen-bond donors (Lipinski definition) is 3. The van der Waals surface area contributed by atoms with E-state index in [-0.39, 0.29) is 19.1 Å². The lowest BCUT2D eigenvalue weighted by Gasteiger charge is -2.26. The van der Waals surface area contributed by atoms with Crippen molar-refractivity contribution in [3.05, 3.63) is 72.9 Å². The molecule has 0 aliphatic heterocycles. The molecule has 8 nitrogen and oxygen atoms in total. The third-order valence-electron chi connectivity index (χ3n) is 9.47. The zero-order valence-corrected chi connectivity index (χ0v) is 37.5. The molecular formula is C47H86N2O6P+. The van der Waals surface area contributed by atoms with Crippen LogP contribution in [0.3, 0.4) is 0 Å². The van der Waals surface area contributed by atoms with Gasteiger partial charge in [-0.15, -0.1) is 0 Å². The Morgan fingerprint density at radius 3 is 1.54 bits per heavy atom. The molecule has 0 aromatic rings. The van der Waals surface area contributed by atoms with Crippen LogP contribution in [0.5, 0.6) is 0 Å². The van der Waals surface area contributed by atoms with Crippen molar-refractivity contribution in [2.24, 2.45) is 0 Å². The topological polar surface area (TPSA) is 105 Å². The summed E-state index contributed by atoms with van der Waals surface area (Å²) in [5.41, 5.74) is 0. The van der Waals surface area contributed by atoms with E-state index in [0.717, 1.165) is 77.0 Å². The van der Waals surface area contributed by atoms with Crippen molar-refractivity contribution in [3.63, 3.8) is 0 Å². The lowest BCUT2D eigenvalue weighted by atomic mass is 10.0. The second kappa shape index (κ2) is 38.5. The van der Waals surface area contributed by atoms with Gasteiger partial charge in [-0.05, 0) is 64.2 Å². The number of aliphatic hydroxyl groups is 1. The highest BCUT2D eigenvalue weighted by Crippen LogP contribution is 2.43. The van der Waals surface area contributed by atoms with E-state index < -0.39 is 20.0 Å². The third kappa shape index (κ3) is 40.1. The predicted molar refractivity (Wildman–Crippen MR) is 240 cm³/mol. The summed E-state index contributed by atoms with van der Waals surface area (Å²) in [6.45, 7) is 4.58. The summed E-state index contributed by atoms with van der Waals surface area (Å²) in [5.74, 6) is -0.163. The molecule has 56 heavy (non-hydrogen) atoms. The van der Waals surface area contributed by atoms with E-state index in [4.69, 9.17) is 9.05 Å². The summed E-state index contributed by atoms with van der Waals surface area (Å²) in [7, 11) is 1.60. The fourth-order valence-corrected chi connectivity index (χ4v) is 6.67. The summed E-state index contributed by atoms with van der Waals surface area (Å²) in [6, 6.07) is -0.760. The van der Waals surface area contributed by atoms with E-state index in [1.165, 1.54) is 64.2 Å². The summed E-state index contributed by atoms with van der Waals surface area (Å²) in [4.78, 5) is 22.8. The summed E-state index contributed by atoms with van der Waals surface area (Å²) in [5, 5.41) is 13.6. The Morgan fingerprint density at radius 1 is 0.625 bits per heavy atom. The second-order valence-corrected chi connectivity index (χ2v) is 17.5. The molecule has 0 rings (SSSR count). The highest BCUT2D eigenvalue weighted by Gasteiger charge is 2.28. The molecule has 0 aromatic heterocycles. The minimum Gasteiger partial charge on any atom is -0.391 e. The molecule has 0 aliphatic carbocycles. The number of quaternary nitrogens is 1. The first-order chi connectivity index (χ1) is 27.0. The van der Waals surface area contributed by atoms with Crippen LogP contribution < -0.4 is 5.32 Å². The normalized spacial score (nSPS) is 15.1. The number of hydrogen-bond acceptors (Lipinski definition) is 5. The minimum absolute atomic E-state index is 0.0696. The molecule has 0 aliphatic rings. The van der Waals surface area contributed by atoms with Crippen LogP contribution in [-0.4, -0.2) is 73.4 Å². The zero-order chi connectivity index (χ0) is 41.4. The van der Waals surface area contributed by atoms with Gasteiger partial charge in [-0.25, -0.2) is 4.57 Å². The van der Waals surface area contributed by atoms with Crippen molar-refractivity contribution < 1.29 is 32.9 Å². The first-order valence-electron chi connectivity index (χ1n) is 22.3. The number of rotatable bonds is 39. The standard InChI is InChI=1S/C47H85N2O6P/c1-6-8-10-11-12-13-14-15-16-17-18-19-20-21-22-23-24-25-26-27-28-29-30-31-32-33-34-35-36-37-39-41-47(51)48-45(46(50)40-38-9-7-2)44-55-56(52,53)54-43-42-49(3,4)5/h8,10,12-13,15-16,18-19,21-22,24-25,45-46,50H,6-7,9,11,14,17,20,23,26-44H2,1-5H3,(H-,48,51,52,53)/p+1/b10-8-,13-12-,16-15-,19-18-,22-21-,25-24-. The van der Waals surface area contributed by atoms with Gasteiger partial charge in [0.05, 0.1) is 39.9 Å². The Hall–Kier alpha value is -2.06. The first kappa shape index (κ1) is 53.9. The monoisotopic (exact) mass is 806 g/mol. The number of carbonyl (C=O) groups excluding carboxylic acids is 1. The number of nitrogens with one attached hydrogen (secondary N) is 1. The van der Waals surface area contributed by atoms with Crippen LogP contribution in [0.15, 0.2) is 72.9 Å². The first-order valence-corrected chi connectivity index (χ1v) is 23.8. The molecule has 0 heterocycles. The molecule has 0 fully saturated rings. The van der Waals surface area contributed by atoms with E-state index in [1.807, 2.05) is 21.1 Å². The molecule has 9 heteroatoms. The fraction of sp³-hybridized carbons (Fsp3) is 0.723. The quantitative estimate of drug-likeness (QED) is 0.0247. The molecule has 0 radical (unpaired) electrons. The maximum atomic E-state index is 12.7. The van der Waals surface area contributed by atoms with Gasteiger partial charge in [0.1, 0.15) is 13.2 Å². The van der Waals surface area contributed by atoms with Crippen LogP contribution in [-0.2, 0) is 18.4 Å². The van der Waals surface area contributed by atoms with Gasteiger partial charge >= 0.3 is 7.82 Å². The van der Waals surface area contributed by atoms with Crippen molar-refractivity contribution in [2.75, 3.05) is 40.9 Å². The van der Waals surface area contributed by atoms with Crippen molar-refractivity contribution in [2.45, 2.75) is 180 Å². The average Bonchev–Trinajstić information content (AvgIpc) is 3.15. The van der Waals surface area contributed by atoms with Crippen LogP contribution in [0.2, 0.25) is 0 Å². The minimum atomic E-state index is -4.29. The van der Waals surface area contributed by atoms with Crippen LogP contribution in [0, 0.1) is 0 Å². The van der Waals surface area contributed by atoms with Gasteiger partial charge in [0.15, 0.2) is 0 Å². The Bertz CT molecular complexity index is 1140. The largest absolute Gasteiger partial charge is 0.472 e. The predicted octanol–water partition coefficient (Wildman–Crippen LogP) is 12.4. The fourth-order valence-electron chi connectivity index (χ4n) is 5.93. The molecule has 1 amide bonds. The Balaban J connectivity index is 3.87. The number of aliphatic hydroxyl groups excluding tert-OH is 1. The van der Waals surface area contributed by atoms with Crippen LogP contribution >= 0.6 is 7.82 Å². The SMILES string of the molecule is CC/C=C\C/C=C\C/C=C\C/C=C\C/C=C\C/C=C\CCCCCCCCCCCCCCC(=O)NC(COP(=O)(O)OCC[N+](C)(C)C)C(O)CCCCC. The smallest absolute Gasteiger partial charge is 0.391 e. The van der Waals surface area contributed by atoms with Gasteiger partial charge < -0.3 is 19.8 Å². The maximum Gasteiger partial charge on any atom is 0.472 e. The number of likely N-dealkylation sites (N-methyl/N-ethyl adjacent to an activating group) is 1. The molecule has 3 N–H and O–H groups in total. The van der Waals surface area contributed by atoms with Crippen molar-refractivity contribution in [1.82, 2.24) is 5.32 Å². The van der Waals surface area contributed by atoms with Gasteiger partial charge in [-0.3, -0.25) is 13.8 Å². The lowest BCUT2D eigenvalue weighted by molar-refractivity contribution is -0.870. The Kier molecular flexibility index (Phi) is 37.0. The van der Waals surface area contributed by atoms with Crippen molar-refractivity contribution in [3.8, 4) is 0 Å². The third-order valence-corrected chi connectivity index (χ3v) is 10.5. The number of amides is 1. The Labute approximate surface area is 344 Å². The van der Waals surface area contributed by atoms with E-state index in [9.17, 15) is 19.4 Å². The number of unbranched alkanes of at least 4 members (excludes halogenated alkanes) is 14. The molecule has 3 unspecified atom stereocenters. The van der Waals surface area contributed by atoms with Gasteiger partial charge in [0, 0.05) is 6.42 Å². The summed E-state index contributed by atoms with van der Waals surface area (Å²) < 4.78 is 23.3. The lowest BCUT2D eigenvalue weighted by Crippen LogP contribution is -2.46. The molecule has 0 aromatic carbocycles. The molecular weight excluding hydrogens is 719 g/mol. The number of allylic oxidation sites excluding steroid dienone is 12. The van der Waals surface area contributed by atoms with E-state index in [0.29, 0.717) is 23.9 Å². The van der Waals surface area contributed by atoms with E-state index in [1.54, 1.807) is 0 Å². The van der Waals surface area contributed by atoms with Gasteiger partial charge in [0.25, 0.3) is 0 Å². The van der Waals surface area contributed by atoms with Gasteiger partial charge in [-0.2, -0.15) is 0 Å². The number of phosphoric ester groups is 1. The van der Waals surface area contributed by atoms with Crippen LogP contribution in [0.1, 0.15) is 168 Å². The number of carbonyl (C=O) groups is 1. The summed E-state index contributed by atoms with van der Waals surface area (Å²) >= 11 is 0. The number of phosphoric acid groups is 1. The molecule has 324 valence electrons. The highest BCUT2D eigenvalue weighted by molar-refractivity contribution is 7.47. The van der Waals surface area contributed by atoms with Crippen molar-refractivity contribution in [1.29, 1.82) is 0 Å². The van der Waals surface area contributed by atoms with Crippen LogP contribution in [0.4, 0.5) is 0 Å². The van der Waals surface area contributed by atoms with Crippen molar-refractivity contribution >= 4 is 13.7 Å². The molecule has 0 spiro atoms. The van der Waals surface area contributed by atoms with E-state index >= 15 is 0 Å². The van der Waals surface area contributed by atoms with Gasteiger partial charge in [-0.1, -0.05) is 170 Å². The van der Waals surface area contributed by atoms with Crippen LogP contribution in [0.25, 0.3) is 0 Å². The second-order valence-electron chi connectivity index (χ2n) is 16.0. The highest BCUT2D eigenvalue weighted by atomic mass is 31.2.